The lowest BCUT2D eigenvalue weighted by atomic mass is 9.80. The second-order valence-electron chi connectivity index (χ2n) is 4.98. The molecule has 16 heavy (non-hydrogen) atoms. The van der Waals surface area contributed by atoms with E-state index in [4.69, 9.17) is 0 Å². The van der Waals surface area contributed by atoms with Gasteiger partial charge in [0.2, 0.25) is 0 Å². The molecule has 1 saturated carbocycles. The van der Waals surface area contributed by atoms with Crippen molar-refractivity contribution >= 4 is 19.9 Å². The van der Waals surface area contributed by atoms with Gasteiger partial charge < -0.3 is 0 Å². The van der Waals surface area contributed by atoms with Crippen LogP contribution in [0.15, 0.2) is 24.3 Å². The van der Waals surface area contributed by atoms with E-state index in [2.05, 4.69) is 47.0 Å². The molecule has 2 unspecified atom stereocenters. The fraction of sp³-hybridized carbons (Fsp3) is 0.429. The van der Waals surface area contributed by atoms with Crippen LogP contribution in [-0.4, -0.2) is 11.1 Å². The Bertz CT molecular complexity index is 446. The highest BCUT2D eigenvalue weighted by Gasteiger charge is 2.44. The lowest BCUT2D eigenvalue weighted by Crippen LogP contribution is -2.27. The molecule has 1 aromatic rings. The molecule has 0 saturated heterocycles. The minimum Gasteiger partial charge on any atom is -0.299 e. The monoisotopic (exact) mass is 232 g/mol. The topological polar surface area (TPSA) is 17.1 Å². The molecule has 0 N–H and O–H groups in total. The van der Waals surface area contributed by atoms with Crippen molar-refractivity contribution in [2.45, 2.75) is 32.6 Å². The molecule has 0 spiro atoms. The Labute approximate surface area is 99.1 Å². The Balaban J connectivity index is 2.44. The summed E-state index contributed by atoms with van der Waals surface area (Å²) in [6.45, 7) is 6.19. The van der Waals surface area contributed by atoms with Crippen molar-refractivity contribution in [2.75, 3.05) is 0 Å². The van der Waals surface area contributed by atoms with E-state index in [0.717, 1.165) is 5.29 Å². The molecule has 1 aromatic carbocycles. The van der Waals surface area contributed by atoms with Crippen LogP contribution in [0.5, 0.6) is 0 Å². The Kier molecular flexibility index (Phi) is 2.75. The summed E-state index contributed by atoms with van der Waals surface area (Å²) < 4.78 is 0. The largest absolute Gasteiger partial charge is 0.299 e. The number of benzene rings is 1. The first kappa shape index (κ1) is 11.5. The first-order valence-electron chi connectivity index (χ1n) is 5.64. The van der Waals surface area contributed by atoms with Crippen molar-refractivity contribution in [2.24, 2.45) is 5.92 Å². The average molecular weight is 232 g/mol. The summed E-state index contributed by atoms with van der Waals surface area (Å²) >= 11 is 0. The van der Waals surface area contributed by atoms with Gasteiger partial charge in [-0.2, -0.15) is 0 Å². The normalized spacial score (nSPS) is 29.8. The number of aryl methyl sites for hydroxylation is 1. The highest BCUT2D eigenvalue weighted by molar-refractivity contribution is 7.22. The van der Waals surface area contributed by atoms with Gasteiger partial charge in [-0.3, -0.25) is 4.79 Å². The maximum atomic E-state index is 11.8. The molecule has 1 fully saturated rings. The van der Waals surface area contributed by atoms with Crippen LogP contribution in [0.25, 0.3) is 0 Å². The minimum absolute atomic E-state index is 0.0305. The van der Waals surface area contributed by atoms with Crippen LogP contribution in [0.3, 0.4) is 0 Å². The quantitative estimate of drug-likeness (QED) is 0.680. The molecular formula is C14H17OP. The fourth-order valence-corrected chi connectivity index (χ4v) is 2.81. The number of carbonyl (C=O) groups is 1. The van der Waals surface area contributed by atoms with E-state index >= 15 is 0 Å². The number of rotatable bonds is 1. The smallest absolute Gasteiger partial charge is 0.141 e. The van der Waals surface area contributed by atoms with E-state index in [-0.39, 0.29) is 11.3 Å². The van der Waals surface area contributed by atoms with Gasteiger partial charge in [0.05, 0.1) is 0 Å². The van der Waals surface area contributed by atoms with Gasteiger partial charge in [-0.25, -0.2) is 0 Å². The maximum Gasteiger partial charge on any atom is 0.141 e. The summed E-state index contributed by atoms with van der Waals surface area (Å²) in [7, 11) is 3.67. The standard InChI is InChI=1S/C14H17OP/c1-9-4-6-11(7-5-9)14(3)8-12(15)10(2)13(14)16/h4-7,10,16H,8H2,1-3H3. The van der Waals surface area contributed by atoms with Gasteiger partial charge in [0, 0.05) is 17.8 Å². The molecule has 1 aliphatic rings. The fourth-order valence-electron chi connectivity index (χ4n) is 2.41. The molecule has 84 valence electrons. The Hall–Kier alpha value is -0.940. The van der Waals surface area contributed by atoms with Gasteiger partial charge in [-0.15, -0.1) is 8.86 Å². The van der Waals surface area contributed by atoms with Crippen LogP contribution in [-0.2, 0) is 10.2 Å². The van der Waals surface area contributed by atoms with Crippen LogP contribution in [0.2, 0.25) is 0 Å². The molecule has 2 rings (SSSR count). The zero-order chi connectivity index (χ0) is 11.9. The Morgan fingerprint density at radius 3 is 2.31 bits per heavy atom. The Morgan fingerprint density at radius 2 is 1.88 bits per heavy atom. The van der Waals surface area contributed by atoms with E-state index in [0.29, 0.717) is 12.2 Å². The van der Waals surface area contributed by atoms with Crippen molar-refractivity contribution in [3.05, 3.63) is 35.4 Å². The van der Waals surface area contributed by atoms with Gasteiger partial charge in [0.15, 0.2) is 0 Å². The highest BCUT2D eigenvalue weighted by atomic mass is 31.0. The van der Waals surface area contributed by atoms with E-state index < -0.39 is 0 Å². The molecule has 1 aliphatic carbocycles. The molecular weight excluding hydrogens is 215 g/mol. The van der Waals surface area contributed by atoms with Crippen LogP contribution >= 0.6 is 8.86 Å². The maximum absolute atomic E-state index is 11.8. The van der Waals surface area contributed by atoms with E-state index in [1.54, 1.807) is 0 Å². The van der Waals surface area contributed by atoms with Crippen molar-refractivity contribution in [1.82, 2.24) is 0 Å². The van der Waals surface area contributed by atoms with Gasteiger partial charge in [-0.1, -0.05) is 43.7 Å². The SMILES string of the molecule is Cc1ccc(C2(C)CC(=O)C(C)C2=P)cc1. The molecule has 2 atom stereocenters. The lowest BCUT2D eigenvalue weighted by molar-refractivity contribution is -0.119. The summed E-state index contributed by atoms with van der Waals surface area (Å²) in [5.74, 6) is 0.357. The second-order valence-corrected chi connectivity index (χ2v) is 5.52. The summed E-state index contributed by atoms with van der Waals surface area (Å²) in [5.41, 5.74) is 2.34. The van der Waals surface area contributed by atoms with Gasteiger partial charge in [-0.05, 0) is 17.8 Å². The van der Waals surface area contributed by atoms with Crippen LogP contribution in [0, 0.1) is 12.8 Å². The van der Waals surface area contributed by atoms with Gasteiger partial charge in [0.1, 0.15) is 5.78 Å². The van der Waals surface area contributed by atoms with Crippen LogP contribution in [0.1, 0.15) is 31.4 Å². The molecule has 0 heterocycles. The summed E-state index contributed by atoms with van der Waals surface area (Å²) in [6, 6.07) is 8.46. The first-order chi connectivity index (χ1) is 7.45. The van der Waals surface area contributed by atoms with Crippen molar-refractivity contribution < 1.29 is 4.79 Å². The lowest BCUT2D eigenvalue weighted by Gasteiger charge is -2.25. The average Bonchev–Trinajstić information content (AvgIpc) is 2.45. The number of hydrogen-bond acceptors (Lipinski definition) is 1. The van der Waals surface area contributed by atoms with E-state index in [9.17, 15) is 4.79 Å². The van der Waals surface area contributed by atoms with Crippen molar-refractivity contribution in [3.8, 4) is 0 Å². The number of Topliss-reactive ketones (excluding diaryl/α,β-unsaturated/α-hetero) is 1. The highest BCUT2D eigenvalue weighted by Crippen LogP contribution is 2.40. The van der Waals surface area contributed by atoms with Crippen LogP contribution in [0.4, 0.5) is 0 Å². The zero-order valence-corrected chi connectivity index (χ0v) is 11.0. The molecule has 2 heteroatoms. The van der Waals surface area contributed by atoms with E-state index in [1.807, 2.05) is 6.92 Å². The predicted octanol–water partition coefficient (Wildman–Crippen LogP) is 3.18. The molecule has 0 bridgehead atoms. The summed E-state index contributed by atoms with van der Waals surface area (Å²) in [4.78, 5) is 11.8. The number of carbonyl (C=O) groups excluding carboxylic acids is 1. The second kappa shape index (κ2) is 3.82. The van der Waals surface area contributed by atoms with E-state index in [1.165, 1.54) is 11.1 Å². The van der Waals surface area contributed by atoms with Crippen molar-refractivity contribution in [1.29, 1.82) is 0 Å². The Morgan fingerprint density at radius 1 is 1.31 bits per heavy atom. The predicted molar refractivity (Wildman–Crippen MR) is 70.6 cm³/mol. The number of hydrogen-bond donors (Lipinski definition) is 0. The first-order valence-corrected chi connectivity index (χ1v) is 6.14. The van der Waals surface area contributed by atoms with Crippen LogP contribution < -0.4 is 0 Å². The summed E-state index contributed by atoms with van der Waals surface area (Å²) in [6.07, 6.45) is 0.607. The number of ketones is 1. The third kappa shape index (κ3) is 1.64. The van der Waals surface area contributed by atoms with Crippen molar-refractivity contribution in [3.63, 3.8) is 0 Å². The molecule has 0 aromatic heterocycles. The minimum atomic E-state index is -0.138. The molecule has 0 aliphatic heterocycles. The van der Waals surface area contributed by atoms with Gasteiger partial charge >= 0.3 is 0 Å². The molecule has 0 amide bonds. The zero-order valence-electron chi connectivity index (χ0n) is 10.0. The third-order valence-corrected chi connectivity index (χ3v) is 4.71. The van der Waals surface area contributed by atoms with Gasteiger partial charge in [0.25, 0.3) is 0 Å². The molecule has 0 radical (unpaired) electrons. The molecule has 1 nitrogen and oxygen atoms in total. The summed E-state index contributed by atoms with van der Waals surface area (Å²) in [5, 5.41) is 1.11. The third-order valence-electron chi connectivity index (χ3n) is 3.73.